The molecule has 0 radical (unpaired) electrons. The van der Waals surface area contributed by atoms with E-state index in [1.165, 1.54) is 18.9 Å². The number of esters is 1. The Labute approximate surface area is 169 Å². The van der Waals surface area contributed by atoms with Crippen molar-refractivity contribution >= 4 is 35.2 Å². The molecule has 154 valence electrons. The van der Waals surface area contributed by atoms with Crippen molar-refractivity contribution in [3.63, 3.8) is 0 Å². The van der Waals surface area contributed by atoms with Crippen molar-refractivity contribution in [2.75, 3.05) is 58.0 Å². The number of benzene rings is 1. The summed E-state index contributed by atoms with van der Waals surface area (Å²) in [6.07, 6.45) is 0. The largest absolute Gasteiger partial charge is 0.497 e. The summed E-state index contributed by atoms with van der Waals surface area (Å²) in [6.45, 7) is 3.60. The molecule has 0 unspecified atom stereocenters. The predicted octanol–water partition coefficient (Wildman–Crippen LogP) is 1.07. The minimum Gasteiger partial charge on any atom is -0.497 e. The normalized spacial score (nSPS) is 16.6. The summed E-state index contributed by atoms with van der Waals surface area (Å²) in [7, 11) is 2.92. The first-order chi connectivity index (χ1) is 13.5. The number of nitrogens with zero attached hydrogens (tertiary/aromatic N) is 2. The van der Waals surface area contributed by atoms with E-state index in [2.05, 4.69) is 5.32 Å². The van der Waals surface area contributed by atoms with E-state index in [0.29, 0.717) is 36.8 Å². The highest BCUT2D eigenvalue weighted by Crippen LogP contribution is 2.20. The van der Waals surface area contributed by atoms with Crippen LogP contribution in [-0.2, 0) is 19.1 Å². The lowest BCUT2D eigenvalue weighted by atomic mass is 10.3. The maximum atomic E-state index is 12.6. The van der Waals surface area contributed by atoms with Crippen LogP contribution in [0.2, 0.25) is 0 Å². The highest BCUT2D eigenvalue weighted by Gasteiger charge is 2.30. The van der Waals surface area contributed by atoms with E-state index in [-0.39, 0.29) is 36.1 Å². The Kier molecular flexibility index (Phi) is 8.59. The molecular weight excluding hydrogens is 382 g/mol. The zero-order valence-electron chi connectivity index (χ0n) is 16.5. The summed E-state index contributed by atoms with van der Waals surface area (Å²) in [6, 6.07) is 7.10. The molecule has 0 spiro atoms. The Morgan fingerprint density at radius 3 is 2.75 bits per heavy atom. The molecule has 1 aromatic carbocycles. The number of hydrogen-bond acceptors (Lipinski definition) is 7. The Morgan fingerprint density at radius 1 is 1.29 bits per heavy atom. The molecule has 1 aromatic rings. The molecule has 2 amide bonds. The Balaban J connectivity index is 1.87. The minimum atomic E-state index is -0.353. The quantitative estimate of drug-likeness (QED) is 0.643. The fourth-order valence-corrected chi connectivity index (χ4v) is 3.95. The van der Waals surface area contributed by atoms with Crippen molar-refractivity contribution < 1.29 is 23.9 Å². The summed E-state index contributed by atoms with van der Waals surface area (Å²) < 4.78 is 9.92. The van der Waals surface area contributed by atoms with Crippen LogP contribution in [0, 0.1) is 0 Å². The van der Waals surface area contributed by atoms with Crippen LogP contribution in [0.25, 0.3) is 0 Å². The number of nitrogens with one attached hydrogen (secondary N) is 1. The number of rotatable bonds is 8. The number of carbonyl (C=O) groups excluding carboxylic acids is 3. The topological polar surface area (TPSA) is 88.2 Å². The van der Waals surface area contributed by atoms with Crippen LogP contribution in [0.5, 0.6) is 5.75 Å². The molecule has 0 aromatic heterocycles. The van der Waals surface area contributed by atoms with Crippen molar-refractivity contribution in [2.24, 2.45) is 0 Å². The molecule has 0 saturated carbocycles. The van der Waals surface area contributed by atoms with Crippen LogP contribution in [0.3, 0.4) is 0 Å². The van der Waals surface area contributed by atoms with Crippen molar-refractivity contribution in [2.45, 2.75) is 12.2 Å². The smallest absolute Gasteiger partial charge is 0.320 e. The number of methoxy groups -OCH3 is 2. The van der Waals surface area contributed by atoms with Crippen LogP contribution in [0.15, 0.2) is 24.3 Å². The third kappa shape index (κ3) is 6.42. The number of amides is 2. The second kappa shape index (κ2) is 10.9. The average molecular weight is 410 g/mol. The number of thioether (sulfide) groups is 1. The highest BCUT2D eigenvalue weighted by molar-refractivity contribution is 8.00. The summed E-state index contributed by atoms with van der Waals surface area (Å²) >= 11 is 1.50. The van der Waals surface area contributed by atoms with Gasteiger partial charge < -0.3 is 19.7 Å². The number of carbonyl (C=O) groups is 3. The third-order valence-electron chi connectivity index (χ3n) is 4.41. The number of likely N-dealkylation sites (N-methyl/N-ethyl adjacent to an activating group) is 1. The van der Waals surface area contributed by atoms with E-state index in [4.69, 9.17) is 9.47 Å². The van der Waals surface area contributed by atoms with Gasteiger partial charge in [0.2, 0.25) is 11.8 Å². The Bertz CT molecular complexity index is 700. The van der Waals surface area contributed by atoms with Crippen LogP contribution in [0.4, 0.5) is 5.69 Å². The lowest BCUT2D eigenvalue weighted by molar-refractivity contribution is -0.141. The number of hydrogen-bond donors (Lipinski definition) is 1. The lowest BCUT2D eigenvalue weighted by Crippen LogP contribution is -2.49. The van der Waals surface area contributed by atoms with Gasteiger partial charge in [0.05, 0.1) is 27.3 Å². The molecule has 1 atom stereocenters. The summed E-state index contributed by atoms with van der Waals surface area (Å²) in [5.41, 5.74) is 0.640. The van der Waals surface area contributed by atoms with Crippen LogP contribution in [0.1, 0.15) is 6.92 Å². The molecule has 1 saturated heterocycles. The summed E-state index contributed by atoms with van der Waals surface area (Å²) in [5, 5.41) is 2.46. The first kappa shape index (κ1) is 22.0. The van der Waals surface area contributed by atoms with E-state index in [1.54, 1.807) is 41.2 Å². The van der Waals surface area contributed by atoms with Gasteiger partial charge in [0.15, 0.2) is 0 Å². The lowest BCUT2D eigenvalue weighted by Gasteiger charge is -2.32. The maximum absolute atomic E-state index is 12.6. The van der Waals surface area contributed by atoms with E-state index >= 15 is 0 Å². The van der Waals surface area contributed by atoms with Crippen molar-refractivity contribution in [1.82, 2.24) is 9.80 Å². The molecule has 0 aliphatic carbocycles. The van der Waals surface area contributed by atoms with Crippen molar-refractivity contribution in [1.29, 1.82) is 0 Å². The Morgan fingerprint density at radius 2 is 2.07 bits per heavy atom. The standard InChI is InChI=1S/C19H27N3O5S/c1-4-21(12-17(23)20-14-6-5-7-15(10-14)26-2)13-18(24)22-8-9-28-16(11-22)19(25)27-3/h5-7,10,16H,4,8-9,11-13H2,1-3H3,(H,20,23)/t16-/m0/s1. The Hall–Kier alpha value is -2.26. The molecule has 28 heavy (non-hydrogen) atoms. The van der Waals surface area contributed by atoms with Gasteiger partial charge in [0, 0.05) is 30.6 Å². The van der Waals surface area contributed by atoms with Gasteiger partial charge in [-0.15, -0.1) is 11.8 Å². The second-order valence-corrected chi connectivity index (χ2v) is 7.62. The van der Waals surface area contributed by atoms with E-state index in [1.807, 2.05) is 6.92 Å². The molecule has 2 rings (SSSR count). The van der Waals surface area contributed by atoms with Crippen molar-refractivity contribution in [3.05, 3.63) is 24.3 Å². The molecule has 1 aliphatic rings. The van der Waals surface area contributed by atoms with Gasteiger partial charge in [-0.05, 0) is 18.7 Å². The van der Waals surface area contributed by atoms with Crippen molar-refractivity contribution in [3.8, 4) is 5.75 Å². The monoisotopic (exact) mass is 409 g/mol. The minimum absolute atomic E-state index is 0.0924. The zero-order valence-corrected chi connectivity index (χ0v) is 17.3. The van der Waals surface area contributed by atoms with Gasteiger partial charge in [0.25, 0.3) is 0 Å². The fraction of sp³-hybridized carbons (Fsp3) is 0.526. The predicted molar refractivity (Wildman–Crippen MR) is 109 cm³/mol. The first-order valence-corrected chi connectivity index (χ1v) is 10.1. The molecule has 1 aliphatic heterocycles. The van der Waals surface area contributed by atoms with E-state index in [9.17, 15) is 14.4 Å². The SMILES string of the molecule is CCN(CC(=O)Nc1cccc(OC)c1)CC(=O)N1CCS[C@H](C(=O)OC)C1. The summed E-state index contributed by atoms with van der Waals surface area (Å²) in [4.78, 5) is 40.1. The van der Waals surface area contributed by atoms with Crippen LogP contribution < -0.4 is 10.1 Å². The van der Waals surface area contributed by atoms with Gasteiger partial charge in [-0.25, -0.2) is 0 Å². The molecule has 1 heterocycles. The van der Waals surface area contributed by atoms with Gasteiger partial charge >= 0.3 is 5.97 Å². The molecule has 1 fully saturated rings. The van der Waals surface area contributed by atoms with Gasteiger partial charge in [-0.2, -0.15) is 0 Å². The molecule has 8 nitrogen and oxygen atoms in total. The second-order valence-electron chi connectivity index (χ2n) is 6.31. The number of ether oxygens (including phenoxy) is 2. The summed E-state index contributed by atoms with van der Waals surface area (Å²) in [5.74, 6) is 0.735. The molecule has 0 bridgehead atoms. The highest BCUT2D eigenvalue weighted by atomic mass is 32.2. The third-order valence-corrected chi connectivity index (χ3v) is 5.57. The molecule has 9 heteroatoms. The average Bonchev–Trinajstić information content (AvgIpc) is 2.72. The first-order valence-electron chi connectivity index (χ1n) is 9.10. The van der Waals surface area contributed by atoms with E-state index < -0.39 is 0 Å². The molecule has 1 N–H and O–H groups in total. The van der Waals surface area contributed by atoms with Crippen LogP contribution >= 0.6 is 11.8 Å². The van der Waals surface area contributed by atoms with Gasteiger partial charge in [0.1, 0.15) is 11.0 Å². The van der Waals surface area contributed by atoms with Gasteiger partial charge in [-0.1, -0.05) is 13.0 Å². The van der Waals surface area contributed by atoms with E-state index in [0.717, 1.165) is 0 Å². The zero-order chi connectivity index (χ0) is 20.5. The maximum Gasteiger partial charge on any atom is 0.320 e. The van der Waals surface area contributed by atoms with Gasteiger partial charge in [-0.3, -0.25) is 19.3 Å². The number of anilines is 1. The van der Waals surface area contributed by atoms with Crippen LogP contribution in [-0.4, -0.2) is 85.5 Å². The molecular formula is C19H27N3O5S. The fourth-order valence-electron chi connectivity index (χ4n) is 2.83.